The molecule has 3 aromatic heterocycles. The number of benzene rings is 1. The Morgan fingerprint density at radius 1 is 1.06 bits per heavy atom. The molecule has 0 saturated carbocycles. The highest BCUT2D eigenvalue weighted by atomic mass is 32.2. The van der Waals surface area contributed by atoms with Crippen molar-refractivity contribution in [1.82, 2.24) is 35.2 Å². The first-order valence-electron chi connectivity index (χ1n) is 8.82. The lowest BCUT2D eigenvalue weighted by atomic mass is 10.0. The Bertz CT molecular complexity index is 1490. The Morgan fingerprint density at radius 2 is 1.84 bits per heavy atom. The summed E-state index contributed by atoms with van der Waals surface area (Å²) in [4.78, 5) is -1.09. The third-order valence-corrected chi connectivity index (χ3v) is 7.50. The van der Waals surface area contributed by atoms with Crippen molar-refractivity contribution in [2.75, 3.05) is 12.3 Å². The molecule has 0 aliphatic rings. The Labute approximate surface area is 176 Å². The van der Waals surface area contributed by atoms with Crippen LogP contribution in [-0.4, -0.2) is 64.4 Å². The monoisotopic (exact) mass is 463 g/mol. The van der Waals surface area contributed by atoms with Crippen LogP contribution in [0.3, 0.4) is 0 Å². The summed E-state index contributed by atoms with van der Waals surface area (Å²) in [5.74, 6) is 0.0763. The highest BCUT2D eigenvalue weighted by Gasteiger charge is 2.31. The molecule has 0 atom stereocenters. The van der Waals surface area contributed by atoms with Crippen molar-refractivity contribution in [3.05, 3.63) is 36.3 Å². The van der Waals surface area contributed by atoms with Crippen LogP contribution in [0.4, 0.5) is 0 Å². The maximum absolute atomic E-state index is 12.8. The average Bonchev–Trinajstić information content (AvgIpc) is 3.36. The smallest absolute Gasteiger partial charge is 0.240 e. The Hall–Kier alpha value is -3.27. The number of nitrogens with one attached hydrogen (secondary N) is 1. The highest BCUT2D eigenvalue weighted by molar-refractivity contribution is 7.93. The van der Waals surface area contributed by atoms with Gasteiger partial charge in [0.2, 0.25) is 10.0 Å². The summed E-state index contributed by atoms with van der Waals surface area (Å²) in [6.45, 7) is 1.56. The number of aryl methyl sites for hydroxylation is 1. The summed E-state index contributed by atoms with van der Waals surface area (Å²) in [7, 11) is -8.59. The van der Waals surface area contributed by atoms with E-state index in [0.29, 0.717) is 22.6 Å². The van der Waals surface area contributed by atoms with Crippen molar-refractivity contribution in [2.45, 2.75) is 16.7 Å². The number of aromatic amines is 1. The van der Waals surface area contributed by atoms with Crippen LogP contribution in [0.1, 0.15) is 5.82 Å². The predicted molar refractivity (Wildman–Crippen MR) is 109 cm³/mol. The summed E-state index contributed by atoms with van der Waals surface area (Å²) in [6, 6.07) is 6.04. The van der Waals surface area contributed by atoms with Gasteiger partial charge in [-0.2, -0.15) is 0 Å². The third kappa shape index (κ3) is 3.67. The van der Waals surface area contributed by atoms with Gasteiger partial charge in [-0.05, 0) is 46.7 Å². The molecular weight excluding hydrogens is 446 g/mol. The molecule has 4 aromatic rings. The molecule has 4 rings (SSSR count). The first kappa shape index (κ1) is 21.0. The molecule has 0 aliphatic heterocycles. The number of nitrogens with two attached hydrogens (primary N) is 2. The van der Waals surface area contributed by atoms with Crippen LogP contribution in [0.15, 0.2) is 40.3 Å². The third-order valence-electron chi connectivity index (χ3n) is 4.59. The molecule has 0 unspecified atom stereocenters. The molecule has 0 aliphatic carbocycles. The molecule has 0 spiro atoms. The minimum atomic E-state index is -4.53. The fourth-order valence-electron chi connectivity index (χ4n) is 3.26. The molecule has 0 fully saturated rings. The minimum absolute atomic E-state index is 0.0654. The van der Waals surface area contributed by atoms with Gasteiger partial charge in [-0.25, -0.2) is 27.1 Å². The van der Waals surface area contributed by atoms with Gasteiger partial charge in [-0.1, -0.05) is 6.07 Å². The number of hydrogen-bond donors (Lipinski definition) is 3. The van der Waals surface area contributed by atoms with E-state index in [-0.39, 0.29) is 17.9 Å². The standard InChI is InChI=1S/C16H17N9O4S2/c1-9-19-20-13-5-2-10(8-25(9)13)11-3-4-12(30(26,27)7-6-17)15(31(18,28)29)14(11)16-21-23-24-22-16/h2-5,8H,6-7,17H2,1H3,(H2,18,28,29)(H,21,22,23,24). The van der Waals surface area contributed by atoms with Gasteiger partial charge in [0.05, 0.1) is 10.6 Å². The van der Waals surface area contributed by atoms with E-state index >= 15 is 0 Å². The molecule has 13 nitrogen and oxygen atoms in total. The van der Waals surface area contributed by atoms with Crippen LogP contribution in [0.25, 0.3) is 28.2 Å². The first-order valence-corrected chi connectivity index (χ1v) is 12.0. The highest BCUT2D eigenvalue weighted by Crippen LogP contribution is 2.39. The van der Waals surface area contributed by atoms with Gasteiger partial charge in [0.1, 0.15) is 10.7 Å². The SMILES string of the molecule is Cc1nnc2ccc(-c3ccc(S(=O)(=O)CCN)c(S(N)(=O)=O)c3-c3nnn[nH]3)cn12. The van der Waals surface area contributed by atoms with Crippen molar-refractivity contribution in [1.29, 1.82) is 0 Å². The molecule has 5 N–H and O–H groups in total. The van der Waals surface area contributed by atoms with Crippen LogP contribution in [0.5, 0.6) is 0 Å². The lowest BCUT2D eigenvalue weighted by Gasteiger charge is -2.16. The van der Waals surface area contributed by atoms with Gasteiger partial charge in [-0.15, -0.1) is 15.3 Å². The molecule has 0 radical (unpaired) electrons. The van der Waals surface area contributed by atoms with E-state index in [9.17, 15) is 16.8 Å². The second-order valence-corrected chi connectivity index (χ2v) is 10.2. The van der Waals surface area contributed by atoms with Crippen molar-refractivity contribution >= 4 is 25.5 Å². The number of sulfone groups is 1. The number of nitrogens with zero attached hydrogens (tertiary/aromatic N) is 6. The molecule has 15 heteroatoms. The topological polar surface area (TPSA) is 205 Å². The summed E-state index contributed by atoms with van der Waals surface area (Å²) in [5.41, 5.74) is 6.79. The van der Waals surface area contributed by atoms with Gasteiger partial charge in [0, 0.05) is 18.3 Å². The Balaban J connectivity index is 2.13. The normalized spacial score (nSPS) is 12.5. The number of rotatable bonds is 6. The molecule has 0 bridgehead atoms. The Morgan fingerprint density at radius 3 is 2.48 bits per heavy atom. The van der Waals surface area contributed by atoms with Crippen LogP contribution < -0.4 is 10.9 Å². The number of primary sulfonamides is 1. The molecule has 0 amide bonds. The fraction of sp³-hybridized carbons (Fsp3) is 0.188. The maximum Gasteiger partial charge on any atom is 0.240 e. The van der Waals surface area contributed by atoms with Crippen molar-refractivity contribution in [3.8, 4) is 22.5 Å². The van der Waals surface area contributed by atoms with E-state index in [4.69, 9.17) is 10.9 Å². The molecule has 3 heterocycles. The van der Waals surface area contributed by atoms with Gasteiger partial charge < -0.3 is 5.73 Å². The molecular formula is C16H17N9O4S2. The molecule has 162 valence electrons. The van der Waals surface area contributed by atoms with E-state index in [1.54, 1.807) is 29.7 Å². The van der Waals surface area contributed by atoms with Gasteiger partial charge >= 0.3 is 0 Å². The van der Waals surface area contributed by atoms with Gasteiger partial charge in [-0.3, -0.25) is 4.40 Å². The van der Waals surface area contributed by atoms with Crippen LogP contribution in [0.2, 0.25) is 0 Å². The van der Waals surface area contributed by atoms with Crippen molar-refractivity contribution in [3.63, 3.8) is 0 Å². The van der Waals surface area contributed by atoms with Gasteiger partial charge in [0.15, 0.2) is 21.3 Å². The van der Waals surface area contributed by atoms with E-state index in [1.165, 1.54) is 12.1 Å². The predicted octanol–water partition coefficient (Wildman–Crippen LogP) is -0.735. The van der Waals surface area contributed by atoms with Crippen LogP contribution in [-0.2, 0) is 19.9 Å². The Kier molecular flexibility index (Phi) is 5.04. The summed E-state index contributed by atoms with van der Waals surface area (Å²) >= 11 is 0. The number of aromatic nitrogens is 7. The van der Waals surface area contributed by atoms with Crippen LogP contribution >= 0.6 is 0 Å². The fourth-order valence-corrected chi connectivity index (χ4v) is 6.02. The largest absolute Gasteiger partial charge is 0.329 e. The van der Waals surface area contributed by atoms with E-state index < -0.39 is 35.4 Å². The number of tetrazole rings is 1. The summed E-state index contributed by atoms with van der Waals surface area (Å²) < 4.78 is 52.5. The van der Waals surface area contributed by atoms with E-state index in [0.717, 1.165) is 0 Å². The quantitative estimate of drug-likeness (QED) is 0.326. The molecule has 0 saturated heterocycles. The average molecular weight is 464 g/mol. The summed E-state index contributed by atoms with van der Waals surface area (Å²) in [5, 5.41) is 26.7. The summed E-state index contributed by atoms with van der Waals surface area (Å²) in [6.07, 6.45) is 1.69. The number of hydrogen-bond acceptors (Lipinski definition) is 10. The number of fused-ring (bicyclic) bond motifs is 1. The van der Waals surface area contributed by atoms with Crippen molar-refractivity contribution in [2.24, 2.45) is 10.9 Å². The molecule has 1 aromatic carbocycles. The van der Waals surface area contributed by atoms with E-state index in [1.807, 2.05) is 0 Å². The lowest BCUT2D eigenvalue weighted by Crippen LogP contribution is -2.22. The maximum atomic E-state index is 12.8. The second kappa shape index (κ2) is 7.45. The number of sulfonamides is 1. The van der Waals surface area contributed by atoms with Gasteiger partial charge in [0.25, 0.3) is 0 Å². The zero-order valence-electron chi connectivity index (χ0n) is 16.1. The number of pyridine rings is 1. The molecule has 31 heavy (non-hydrogen) atoms. The number of H-pyrrole nitrogens is 1. The van der Waals surface area contributed by atoms with Crippen LogP contribution in [0, 0.1) is 6.92 Å². The van der Waals surface area contributed by atoms with Crippen molar-refractivity contribution < 1.29 is 16.8 Å². The lowest BCUT2D eigenvalue weighted by molar-refractivity contribution is 0.583. The van der Waals surface area contributed by atoms with E-state index in [2.05, 4.69) is 30.8 Å². The first-order chi connectivity index (χ1) is 14.6. The zero-order valence-corrected chi connectivity index (χ0v) is 17.7. The second-order valence-electron chi connectivity index (χ2n) is 6.61. The zero-order chi connectivity index (χ0) is 22.4. The minimum Gasteiger partial charge on any atom is -0.329 e.